The first kappa shape index (κ1) is 28.6. The molecule has 2 rings (SSSR count). The summed E-state index contributed by atoms with van der Waals surface area (Å²) in [5.74, 6) is 0. The van der Waals surface area contributed by atoms with Gasteiger partial charge in [0.25, 0.3) is 0 Å². The van der Waals surface area contributed by atoms with Crippen molar-refractivity contribution in [3.8, 4) is 0 Å². The zero-order valence-corrected chi connectivity index (χ0v) is 25.0. The minimum absolute atomic E-state index is 0.0407. The van der Waals surface area contributed by atoms with E-state index in [0.29, 0.717) is 0 Å². The first-order valence-electron chi connectivity index (χ1n) is 13.4. The molecule has 0 aromatic heterocycles. The van der Waals surface area contributed by atoms with E-state index in [1.54, 1.807) is 0 Å². The Morgan fingerprint density at radius 3 is 1.94 bits per heavy atom. The van der Waals surface area contributed by atoms with Gasteiger partial charge in [0.2, 0.25) is 0 Å². The van der Waals surface area contributed by atoms with Crippen molar-refractivity contribution >= 4 is 16.6 Å². The number of ether oxygens (including phenoxy) is 1. The van der Waals surface area contributed by atoms with Crippen LogP contribution in [0.4, 0.5) is 0 Å². The summed E-state index contributed by atoms with van der Waals surface area (Å²) in [6.07, 6.45) is 6.26. The molecule has 1 saturated heterocycles. The Hall–Kier alpha value is -0.686. The van der Waals surface area contributed by atoms with Crippen LogP contribution in [0.3, 0.4) is 0 Å². The standard InChI is InChI=1S/C28H50O3Si2/c1-11-32(12-2,13-3)30-25-21-24(18-17-22(7)8)26(31-33(14-4,15-5)16-6)28(27(25)29-28)20-19-23(9)10/h17,19,25-27H,7,11-16,20-21H2,1-6,8-10H3/t18?,25-,26+,27-,28+/m0/s1. The van der Waals surface area contributed by atoms with Gasteiger partial charge in [-0.1, -0.05) is 65.3 Å². The maximum atomic E-state index is 7.21. The fraction of sp³-hybridized carbons (Fsp3) is 0.750. The van der Waals surface area contributed by atoms with Gasteiger partial charge in [0.05, 0.1) is 6.10 Å². The van der Waals surface area contributed by atoms with Crippen LogP contribution in [0.2, 0.25) is 36.3 Å². The number of rotatable bonds is 13. The first-order valence-corrected chi connectivity index (χ1v) is 18.4. The molecule has 1 aliphatic carbocycles. The third-order valence-corrected chi connectivity index (χ3v) is 17.5. The van der Waals surface area contributed by atoms with Crippen molar-refractivity contribution < 1.29 is 13.6 Å². The Bertz CT molecular complexity index is 751. The third kappa shape index (κ3) is 6.31. The third-order valence-electron chi connectivity index (χ3n) is 8.26. The van der Waals surface area contributed by atoms with Gasteiger partial charge in [0, 0.05) is 18.4 Å². The molecule has 0 aromatic rings. The maximum absolute atomic E-state index is 7.21. The van der Waals surface area contributed by atoms with E-state index in [1.165, 1.54) is 11.1 Å². The molecule has 1 aliphatic heterocycles. The molecule has 1 saturated carbocycles. The Balaban J connectivity index is 2.56. The van der Waals surface area contributed by atoms with Gasteiger partial charge in [0.15, 0.2) is 16.6 Å². The SMILES string of the molecule is C=C(C)C=C=C1C[C@H](O[Si](CC)(CC)CC)[C@@H]2O[C@]2(CC=C(C)C)[C@@H]1O[Si](CC)(CC)CC. The molecule has 0 N–H and O–H groups in total. The maximum Gasteiger partial charge on any atom is 0.193 e. The number of epoxide rings is 1. The van der Waals surface area contributed by atoms with E-state index < -0.39 is 16.6 Å². The minimum Gasteiger partial charge on any atom is -0.411 e. The number of allylic oxidation sites excluding steroid dienone is 2. The van der Waals surface area contributed by atoms with Crippen molar-refractivity contribution in [3.05, 3.63) is 41.2 Å². The zero-order valence-electron chi connectivity index (χ0n) is 23.0. The Morgan fingerprint density at radius 2 is 1.48 bits per heavy atom. The minimum atomic E-state index is -1.84. The lowest BCUT2D eigenvalue weighted by atomic mass is 9.79. The summed E-state index contributed by atoms with van der Waals surface area (Å²) in [4.78, 5) is 0. The summed E-state index contributed by atoms with van der Waals surface area (Å²) >= 11 is 0. The van der Waals surface area contributed by atoms with Crippen LogP contribution in [-0.4, -0.2) is 40.5 Å². The van der Waals surface area contributed by atoms with Crippen LogP contribution in [-0.2, 0) is 13.6 Å². The largest absolute Gasteiger partial charge is 0.411 e. The van der Waals surface area contributed by atoms with Gasteiger partial charge in [-0.25, -0.2) is 0 Å². The Morgan fingerprint density at radius 1 is 0.970 bits per heavy atom. The Kier molecular flexibility index (Phi) is 10.2. The van der Waals surface area contributed by atoms with Crippen LogP contribution < -0.4 is 0 Å². The molecule has 2 fully saturated rings. The molecule has 3 nitrogen and oxygen atoms in total. The summed E-state index contributed by atoms with van der Waals surface area (Å²) in [5, 5.41) is 0. The number of hydrogen-bond acceptors (Lipinski definition) is 3. The van der Waals surface area contributed by atoms with E-state index in [0.717, 1.165) is 54.7 Å². The van der Waals surface area contributed by atoms with Crippen molar-refractivity contribution in [3.63, 3.8) is 0 Å². The average molecular weight is 491 g/mol. The summed E-state index contributed by atoms with van der Waals surface area (Å²) in [6.45, 7) is 24.3. The molecular weight excluding hydrogens is 440 g/mol. The predicted octanol–water partition coefficient (Wildman–Crippen LogP) is 8.32. The van der Waals surface area contributed by atoms with Crippen molar-refractivity contribution in [2.75, 3.05) is 0 Å². The van der Waals surface area contributed by atoms with E-state index in [1.807, 2.05) is 13.0 Å². The van der Waals surface area contributed by atoms with E-state index in [2.05, 4.69) is 73.8 Å². The van der Waals surface area contributed by atoms with Gasteiger partial charge in [0.1, 0.15) is 17.8 Å². The molecule has 0 unspecified atom stereocenters. The van der Waals surface area contributed by atoms with Gasteiger partial charge in [-0.05, 0) is 63.1 Å². The van der Waals surface area contributed by atoms with Gasteiger partial charge < -0.3 is 13.6 Å². The molecule has 188 valence electrons. The quantitative estimate of drug-likeness (QED) is 0.0854. The summed E-state index contributed by atoms with van der Waals surface area (Å²) in [7, 11) is -3.60. The lowest BCUT2D eigenvalue weighted by Crippen LogP contribution is -2.53. The van der Waals surface area contributed by atoms with Crippen molar-refractivity contribution in [1.29, 1.82) is 0 Å². The molecule has 5 heteroatoms. The highest BCUT2D eigenvalue weighted by Crippen LogP contribution is 2.56. The first-order chi connectivity index (χ1) is 15.6. The highest BCUT2D eigenvalue weighted by atomic mass is 28.4. The van der Waals surface area contributed by atoms with Crippen LogP contribution in [0.1, 0.15) is 75.2 Å². The molecule has 0 amide bonds. The molecule has 2 aliphatic rings. The summed E-state index contributed by atoms with van der Waals surface area (Å²) in [5.41, 5.74) is 6.87. The molecule has 1 heterocycles. The Labute approximate surface area is 206 Å². The molecule has 0 aromatic carbocycles. The van der Waals surface area contributed by atoms with Gasteiger partial charge in [-0.15, -0.1) is 5.73 Å². The molecular formula is C28H50O3Si2. The average Bonchev–Trinajstić information content (AvgIpc) is 3.56. The van der Waals surface area contributed by atoms with Crippen LogP contribution in [0.25, 0.3) is 0 Å². The summed E-state index contributed by atoms with van der Waals surface area (Å²) in [6, 6.07) is 6.87. The molecule has 4 atom stereocenters. The predicted molar refractivity (Wildman–Crippen MR) is 147 cm³/mol. The van der Waals surface area contributed by atoms with E-state index in [4.69, 9.17) is 13.6 Å². The van der Waals surface area contributed by atoms with Crippen molar-refractivity contribution in [2.24, 2.45) is 0 Å². The summed E-state index contributed by atoms with van der Waals surface area (Å²) < 4.78 is 21.0. The second kappa shape index (κ2) is 11.8. The van der Waals surface area contributed by atoms with Crippen LogP contribution in [0.15, 0.2) is 41.2 Å². The van der Waals surface area contributed by atoms with Crippen LogP contribution in [0.5, 0.6) is 0 Å². The van der Waals surface area contributed by atoms with Crippen molar-refractivity contribution in [2.45, 2.75) is 135 Å². The van der Waals surface area contributed by atoms with E-state index in [-0.39, 0.29) is 23.9 Å². The lowest BCUT2D eigenvalue weighted by Gasteiger charge is -2.42. The highest BCUT2D eigenvalue weighted by molar-refractivity contribution is 6.74. The van der Waals surface area contributed by atoms with E-state index >= 15 is 0 Å². The van der Waals surface area contributed by atoms with E-state index in [9.17, 15) is 0 Å². The zero-order chi connectivity index (χ0) is 24.9. The van der Waals surface area contributed by atoms with Gasteiger partial charge in [-0.2, -0.15) is 0 Å². The smallest absolute Gasteiger partial charge is 0.193 e. The number of fused-ring (bicyclic) bond motifs is 1. The second-order valence-corrected chi connectivity index (χ2v) is 19.9. The van der Waals surface area contributed by atoms with Gasteiger partial charge in [-0.3, -0.25) is 0 Å². The molecule has 0 bridgehead atoms. The van der Waals surface area contributed by atoms with Crippen molar-refractivity contribution in [1.82, 2.24) is 0 Å². The topological polar surface area (TPSA) is 31.0 Å². The normalized spacial score (nSPS) is 26.9. The molecule has 0 spiro atoms. The van der Waals surface area contributed by atoms with Crippen LogP contribution >= 0.6 is 0 Å². The lowest BCUT2D eigenvalue weighted by molar-refractivity contribution is 0.0968. The monoisotopic (exact) mass is 490 g/mol. The highest BCUT2D eigenvalue weighted by Gasteiger charge is 2.69. The second-order valence-electron chi connectivity index (χ2n) is 10.5. The fourth-order valence-electron chi connectivity index (χ4n) is 5.36. The number of hydrogen-bond donors (Lipinski definition) is 0. The van der Waals surface area contributed by atoms with Crippen LogP contribution in [0, 0.1) is 0 Å². The fourth-order valence-corrected chi connectivity index (χ4v) is 11.1. The molecule has 33 heavy (non-hydrogen) atoms. The van der Waals surface area contributed by atoms with Gasteiger partial charge >= 0.3 is 0 Å². The molecule has 0 radical (unpaired) electrons.